The van der Waals surface area contributed by atoms with Crippen LogP contribution in [0.3, 0.4) is 0 Å². The first-order valence-corrected chi connectivity index (χ1v) is 6.33. The van der Waals surface area contributed by atoms with Gasteiger partial charge in [0.25, 0.3) is 0 Å². The van der Waals surface area contributed by atoms with E-state index < -0.39 is 0 Å². The van der Waals surface area contributed by atoms with Gasteiger partial charge < -0.3 is 9.15 Å². The summed E-state index contributed by atoms with van der Waals surface area (Å²) in [5.41, 5.74) is -0.172. The summed E-state index contributed by atoms with van der Waals surface area (Å²) in [6.07, 6.45) is 2.69. The van der Waals surface area contributed by atoms with Crippen molar-refractivity contribution in [3.8, 4) is 0 Å². The highest BCUT2D eigenvalue weighted by Crippen LogP contribution is 2.40. The smallest absolute Gasteiger partial charge is 0.188 e. The molecular weight excluding hydrogens is 230 g/mol. The maximum Gasteiger partial charge on any atom is 0.188 e. The van der Waals surface area contributed by atoms with Crippen LogP contribution in [-0.4, -0.2) is 23.8 Å². The predicted molar refractivity (Wildman–Crippen MR) is 66.6 cm³/mol. The van der Waals surface area contributed by atoms with Crippen LogP contribution < -0.4 is 0 Å². The number of carbonyl (C=O) groups excluding carboxylic acids is 1. The minimum atomic E-state index is -0.172. The Hall–Kier alpha value is -1.58. The van der Waals surface area contributed by atoms with Crippen molar-refractivity contribution in [1.29, 1.82) is 0 Å². The van der Waals surface area contributed by atoms with Crippen molar-refractivity contribution in [3.63, 3.8) is 0 Å². The molecule has 18 heavy (non-hydrogen) atoms. The number of furan rings is 1. The van der Waals surface area contributed by atoms with Gasteiger partial charge in [0.15, 0.2) is 5.90 Å². The molecule has 4 heteroatoms. The normalized spacial score (nSPS) is 30.3. The van der Waals surface area contributed by atoms with E-state index >= 15 is 0 Å². The average molecular weight is 247 g/mol. The SMILES string of the molecule is CC1(C)COC([C@H]2CC(=O)C[C@H]2c2ccco2)=N1. The third kappa shape index (κ3) is 1.96. The van der Waals surface area contributed by atoms with Crippen molar-refractivity contribution in [3.05, 3.63) is 24.2 Å². The van der Waals surface area contributed by atoms with Gasteiger partial charge in [-0.25, -0.2) is 4.99 Å². The van der Waals surface area contributed by atoms with Gasteiger partial charge in [-0.05, 0) is 26.0 Å². The quantitative estimate of drug-likeness (QED) is 0.807. The van der Waals surface area contributed by atoms with E-state index in [-0.39, 0.29) is 23.2 Å². The van der Waals surface area contributed by atoms with Crippen LogP contribution in [0.4, 0.5) is 0 Å². The monoisotopic (exact) mass is 247 g/mol. The van der Waals surface area contributed by atoms with E-state index in [0.717, 1.165) is 11.7 Å². The van der Waals surface area contributed by atoms with E-state index in [9.17, 15) is 4.79 Å². The van der Waals surface area contributed by atoms with Crippen LogP contribution in [0, 0.1) is 5.92 Å². The fraction of sp³-hybridized carbons (Fsp3) is 0.571. The first-order valence-electron chi connectivity index (χ1n) is 6.33. The first-order chi connectivity index (χ1) is 8.55. The molecular formula is C14H17NO3. The van der Waals surface area contributed by atoms with E-state index in [0.29, 0.717) is 19.4 Å². The van der Waals surface area contributed by atoms with Crippen LogP contribution in [0.1, 0.15) is 38.4 Å². The topological polar surface area (TPSA) is 51.8 Å². The third-order valence-corrected chi connectivity index (χ3v) is 3.59. The van der Waals surface area contributed by atoms with Gasteiger partial charge in [0.1, 0.15) is 18.2 Å². The van der Waals surface area contributed by atoms with E-state index in [1.165, 1.54) is 0 Å². The molecule has 0 amide bonds. The molecule has 0 radical (unpaired) electrons. The number of hydrogen-bond donors (Lipinski definition) is 0. The van der Waals surface area contributed by atoms with Gasteiger partial charge in [-0.1, -0.05) is 0 Å². The zero-order valence-corrected chi connectivity index (χ0v) is 10.7. The molecule has 1 saturated carbocycles. The Balaban J connectivity index is 1.89. The van der Waals surface area contributed by atoms with Crippen molar-refractivity contribution in [2.24, 2.45) is 10.9 Å². The van der Waals surface area contributed by atoms with Gasteiger partial charge in [-0.2, -0.15) is 0 Å². The molecule has 2 atom stereocenters. The summed E-state index contributed by atoms with van der Waals surface area (Å²) in [6, 6.07) is 3.79. The molecule has 0 aromatic carbocycles. The highest BCUT2D eigenvalue weighted by molar-refractivity contribution is 5.92. The van der Waals surface area contributed by atoms with Gasteiger partial charge in [0.2, 0.25) is 0 Å². The zero-order valence-electron chi connectivity index (χ0n) is 10.7. The Kier molecular flexibility index (Phi) is 2.54. The van der Waals surface area contributed by atoms with Gasteiger partial charge in [-0.15, -0.1) is 0 Å². The van der Waals surface area contributed by atoms with Gasteiger partial charge in [0, 0.05) is 18.8 Å². The molecule has 1 aliphatic carbocycles. The Morgan fingerprint density at radius 1 is 1.33 bits per heavy atom. The van der Waals surface area contributed by atoms with Crippen LogP contribution >= 0.6 is 0 Å². The number of carbonyl (C=O) groups is 1. The lowest BCUT2D eigenvalue weighted by Crippen LogP contribution is -2.18. The van der Waals surface area contributed by atoms with Crippen LogP contribution in [0.25, 0.3) is 0 Å². The largest absolute Gasteiger partial charge is 0.478 e. The van der Waals surface area contributed by atoms with Crippen molar-refractivity contribution < 1.29 is 13.9 Å². The van der Waals surface area contributed by atoms with E-state index in [1.807, 2.05) is 26.0 Å². The van der Waals surface area contributed by atoms with Crippen LogP contribution in [0.2, 0.25) is 0 Å². The lowest BCUT2D eigenvalue weighted by molar-refractivity contribution is -0.117. The summed E-state index contributed by atoms with van der Waals surface area (Å²) < 4.78 is 11.1. The van der Waals surface area contributed by atoms with Crippen LogP contribution in [-0.2, 0) is 9.53 Å². The number of Topliss-reactive ketones (excluding diaryl/α,β-unsaturated/α-hetero) is 1. The number of nitrogens with zero attached hydrogens (tertiary/aromatic N) is 1. The van der Waals surface area contributed by atoms with Crippen LogP contribution in [0.5, 0.6) is 0 Å². The molecule has 0 saturated heterocycles. The molecule has 0 N–H and O–H groups in total. The van der Waals surface area contributed by atoms with E-state index in [1.54, 1.807) is 6.26 Å². The molecule has 96 valence electrons. The maximum absolute atomic E-state index is 11.7. The Labute approximate surface area is 106 Å². The van der Waals surface area contributed by atoms with E-state index in [2.05, 4.69) is 4.99 Å². The third-order valence-electron chi connectivity index (χ3n) is 3.59. The second-order valence-electron chi connectivity index (χ2n) is 5.73. The zero-order chi connectivity index (χ0) is 12.8. The maximum atomic E-state index is 11.7. The van der Waals surface area contributed by atoms with Crippen molar-refractivity contribution in [1.82, 2.24) is 0 Å². The molecule has 2 aliphatic rings. The van der Waals surface area contributed by atoms with Gasteiger partial charge in [0.05, 0.1) is 17.7 Å². The highest BCUT2D eigenvalue weighted by atomic mass is 16.5. The molecule has 1 aromatic heterocycles. The number of rotatable bonds is 2. The second-order valence-corrected chi connectivity index (χ2v) is 5.73. The highest BCUT2D eigenvalue weighted by Gasteiger charge is 2.42. The summed E-state index contributed by atoms with van der Waals surface area (Å²) >= 11 is 0. The Bertz CT molecular complexity index is 487. The number of hydrogen-bond acceptors (Lipinski definition) is 4. The number of ether oxygens (including phenoxy) is 1. The first kappa shape index (κ1) is 11.5. The van der Waals surface area contributed by atoms with Gasteiger partial charge >= 0.3 is 0 Å². The fourth-order valence-corrected chi connectivity index (χ4v) is 2.72. The minimum absolute atomic E-state index is 0.0467. The molecule has 0 unspecified atom stereocenters. The molecule has 4 nitrogen and oxygen atoms in total. The molecule has 1 fully saturated rings. The summed E-state index contributed by atoms with van der Waals surface area (Å²) in [6.45, 7) is 4.68. The second kappa shape index (κ2) is 3.97. The van der Waals surface area contributed by atoms with Crippen LogP contribution in [0.15, 0.2) is 27.8 Å². The standard InChI is InChI=1S/C14H17NO3/c1-14(2)8-18-13(15-14)11-7-9(16)6-10(11)12-4-3-5-17-12/h3-5,10-11H,6-8H2,1-2H3/t10-,11+/m1/s1. The van der Waals surface area contributed by atoms with Crippen molar-refractivity contribution in [2.45, 2.75) is 38.1 Å². The minimum Gasteiger partial charge on any atom is -0.478 e. The summed E-state index contributed by atoms with van der Waals surface area (Å²) in [7, 11) is 0. The molecule has 1 aliphatic heterocycles. The average Bonchev–Trinajstić information content (AvgIpc) is 2.96. The summed E-state index contributed by atoms with van der Waals surface area (Å²) in [5, 5.41) is 0. The lowest BCUT2D eigenvalue weighted by atomic mass is 9.93. The van der Waals surface area contributed by atoms with Gasteiger partial charge in [-0.3, -0.25) is 4.79 Å². The van der Waals surface area contributed by atoms with Crippen molar-refractivity contribution in [2.75, 3.05) is 6.61 Å². The fourth-order valence-electron chi connectivity index (χ4n) is 2.72. The predicted octanol–water partition coefficient (Wildman–Crippen LogP) is 2.55. The molecule has 1 aromatic rings. The Morgan fingerprint density at radius 3 is 2.72 bits per heavy atom. The molecule has 0 spiro atoms. The Morgan fingerprint density at radius 2 is 2.11 bits per heavy atom. The molecule has 2 heterocycles. The van der Waals surface area contributed by atoms with Crippen molar-refractivity contribution >= 4 is 11.7 Å². The molecule has 3 rings (SSSR count). The summed E-state index contributed by atoms with van der Waals surface area (Å²) in [5.74, 6) is 1.98. The number of ketones is 1. The number of aliphatic imine (C=N–C) groups is 1. The molecule has 0 bridgehead atoms. The summed E-state index contributed by atoms with van der Waals surface area (Å²) in [4.78, 5) is 16.3. The van der Waals surface area contributed by atoms with E-state index in [4.69, 9.17) is 9.15 Å². The lowest BCUT2D eigenvalue weighted by Gasteiger charge is -2.15.